The first-order valence-corrected chi connectivity index (χ1v) is 10.1. The molecule has 4 rings (SSSR count). The van der Waals surface area contributed by atoms with Crippen molar-refractivity contribution in [3.63, 3.8) is 0 Å². The summed E-state index contributed by atoms with van der Waals surface area (Å²) in [6.07, 6.45) is 0.423. The largest absolute Gasteiger partial charge is 0.497 e. The first-order valence-electron chi connectivity index (χ1n) is 8.57. The minimum Gasteiger partial charge on any atom is -0.497 e. The maximum Gasteiger partial charge on any atom is 0.260 e. The maximum absolute atomic E-state index is 12.9. The van der Waals surface area contributed by atoms with Crippen LogP contribution < -0.4 is 10.3 Å². The number of nitrogens with zero attached hydrogens (tertiary/aromatic N) is 1. The van der Waals surface area contributed by atoms with Crippen molar-refractivity contribution in [2.24, 2.45) is 0 Å². The average molecular weight is 431 g/mol. The van der Waals surface area contributed by atoms with Crippen molar-refractivity contribution in [3.05, 3.63) is 79.1 Å². The zero-order valence-electron chi connectivity index (χ0n) is 15.2. The Morgan fingerprint density at radius 2 is 2.00 bits per heavy atom. The van der Waals surface area contributed by atoms with Crippen molar-refractivity contribution in [2.75, 3.05) is 7.11 Å². The Hall–Kier alpha value is -2.34. The molecule has 28 heavy (non-hydrogen) atoms. The third-order valence-corrected chi connectivity index (χ3v) is 6.10. The van der Waals surface area contributed by atoms with Gasteiger partial charge in [-0.25, -0.2) is 4.98 Å². The zero-order chi connectivity index (χ0) is 19.8. The molecule has 0 unspecified atom stereocenters. The van der Waals surface area contributed by atoms with Gasteiger partial charge in [0.05, 0.1) is 12.5 Å². The minimum absolute atomic E-state index is 0.160. The fourth-order valence-electron chi connectivity index (χ4n) is 3.22. The van der Waals surface area contributed by atoms with E-state index in [1.807, 2.05) is 37.3 Å². The number of aromatic amines is 1. The Bertz CT molecular complexity index is 1250. The first-order chi connectivity index (χ1) is 13.5. The lowest BCUT2D eigenvalue weighted by Gasteiger charge is -2.06. The molecule has 0 saturated carbocycles. The van der Waals surface area contributed by atoms with Gasteiger partial charge in [-0.3, -0.25) is 4.79 Å². The predicted octanol–water partition coefficient (Wildman–Crippen LogP) is 5.87. The van der Waals surface area contributed by atoms with Gasteiger partial charge in [0.15, 0.2) is 0 Å². The summed E-state index contributed by atoms with van der Waals surface area (Å²) >= 11 is 13.7. The Morgan fingerprint density at radius 1 is 1.18 bits per heavy atom. The molecule has 1 N–H and O–H groups in total. The van der Waals surface area contributed by atoms with Crippen LogP contribution in [0.15, 0.2) is 47.3 Å². The highest BCUT2D eigenvalue weighted by Gasteiger charge is 2.17. The molecular formula is C21H16Cl2N2O2S. The Labute approximate surface area is 175 Å². The van der Waals surface area contributed by atoms with E-state index in [0.717, 1.165) is 27.3 Å². The highest BCUT2D eigenvalue weighted by molar-refractivity contribution is 7.19. The van der Waals surface area contributed by atoms with Crippen molar-refractivity contribution in [2.45, 2.75) is 13.3 Å². The Morgan fingerprint density at radius 3 is 2.75 bits per heavy atom. The van der Waals surface area contributed by atoms with E-state index in [9.17, 15) is 4.79 Å². The number of thiophene rings is 1. The van der Waals surface area contributed by atoms with Crippen molar-refractivity contribution < 1.29 is 4.74 Å². The number of nitrogens with one attached hydrogen (secondary N) is 1. The number of benzene rings is 2. The highest BCUT2D eigenvalue weighted by Crippen LogP contribution is 2.36. The molecule has 0 aliphatic carbocycles. The standard InChI is InChI=1S/C21H16Cl2N2O2S/c1-11-18(13-4-3-5-15(8-13)27-2)19-20(26)24-17(25-21(19)28-11)9-12-6-7-14(22)10-16(12)23/h3-8,10H,9H2,1-2H3,(H,24,25,26). The summed E-state index contributed by atoms with van der Waals surface area (Å²) in [5.41, 5.74) is 2.52. The number of aryl methyl sites for hydroxylation is 1. The van der Waals surface area contributed by atoms with E-state index in [4.69, 9.17) is 27.9 Å². The number of halogens is 2. The number of hydrogen-bond donors (Lipinski definition) is 1. The van der Waals surface area contributed by atoms with Crippen LogP contribution in [0.2, 0.25) is 10.0 Å². The van der Waals surface area contributed by atoms with E-state index in [-0.39, 0.29) is 5.56 Å². The van der Waals surface area contributed by atoms with Crippen LogP contribution in [0.25, 0.3) is 21.3 Å². The summed E-state index contributed by atoms with van der Waals surface area (Å²) in [6, 6.07) is 13.0. The number of H-pyrrole nitrogens is 1. The third-order valence-electron chi connectivity index (χ3n) is 4.52. The fraction of sp³-hybridized carbons (Fsp3) is 0.143. The molecule has 0 aliphatic rings. The molecule has 0 aliphatic heterocycles. The highest BCUT2D eigenvalue weighted by atomic mass is 35.5. The second-order valence-corrected chi connectivity index (χ2v) is 8.42. The fourth-order valence-corrected chi connectivity index (χ4v) is 4.76. The molecule has 0 radical (unpaired) electrons. The maximum atomic E-state index is 12.9. The molecular weight excluding hydrogens is 415 g/mol. The van der Waals surface area contributed by atoms with E-state index < -0.39 is 0 Å². The predicted molar refractivity (Wildman–Crippen MR) is 116 cm³/mol. The zero-order valence-corrected chi connectivity index (χ0v) is 17.5. The smallest absolute Gasteiger partial charge is 0.260 e. The second-order valence-electron chi connectivity index (χ2n) is 6.37. The van der Waals surface area contributed by atoms with Gasteiger partial charge in [-0.15, -0.1) is 11.3 Å². The van der Waals surface area contributed by atoms with Crippen LogP contribution in [-0.4, -0.2) is 17.1 Å². The van der Waals surface area contributed by atoms with Gasteiger partial charge in [-0.1, -0.05) is 41.4 Å². The summed E-state index contributed by atoms with van der Waals surface area (Å²) in [5.74, 6) is 1.31. The topological polar surface area (TPSA) is 55.0 Å². The average Bonchev–Trinajstić information content (AvgIpc) is 3.00. The first kappa shape index (κ1) is 19.0. The molecule has 2 heterocycles. The molecule has 0 amide bonds. The van der Waals surface area contributed by atoms with Gasteiger partial charge in [0, 0.05) is 26.9 Å². The second kappa shape index (κ2) is 7.59. The summed E-state index contributed by atoms with van der Waals surface area (Å²) in [6.45, 7) is 2.00. The molecule has 0 fully saturated rings. The van der Waals surface area contributed by atoms with Gasteiger partial charge in [0.25, 0.3) is 5.56 Å². The van der Waals surface area contributed by atoms with Crippen LogP contribution >= 0.6 is 34.5 Å². The molecule has 0 saturated heterocycles. The third kappa shape index (κ3) is 3.53. The van der Waals surface area contributed by atoms with Crippen LogP contribution in [0.1, 0.15) is 16.3 Å². The van der Waals surface area contributed by atoms with E-state index in [0.29, 0.717) is 32.5 Å². The van der Waals surface area contributed by atoms with Gasteiger partial charge in [-0.2, -0.15) is 0 Å². The molecule has 0 spiro atoms. The number of ether oxygens (including phenoxy) is 1. The molecule has 2 aromatic carbocycles. The van der Waals surface area contributed by atoms with Crippen molar-refractivity contribution >= 4 is 44.8 Å². The van der Waals surface area contributed by atoms with Crippen molar-refractivity contribution in [3.8, 4) is 16.9 Å². The molecule has 0 atom stereocenters. The lowest BCUT2D eigenvalue weighted by molar-refractivity contribution is 0.415. The molecule has 7 heteroatoms. The van der Waals surface area contributed by atoms with Gasteiger partial charge >= 0.3 is 0 Å². The quantitative estimate of drug-likeness (QED) is 0.440. The summed E-state index contributed by atoms with van der Waals surface area (Å²) < 4.78 is 5.32. The number of fused-ring (bicyclic) bond motifs is 1. The molecule has 2 aromatic heterocycles. The van der Waals surface area contributed by atoms with Crippen LogP contribution in [0.3, 0.4) is 0 Å². The minimum atomic E-state index is -0.160. The number of methoxy groups -OCH3 is 1. The lowest BCUT2D eigenvalue weighted by Crippen LogP contribution is -2.12. The van der Waals surface area contributed by atoms with E-state index >= 15 is 0 Å². The summed E-state index contributed by atoms with van der Waals surface area (Å²) in [4.78, 5) is 22.2. The van der Waals surface area contributed by atoms with E-state index in [2.05, 4.69) is 9.97 Å². The van der Waals surface area contributed by atoms with Crippen LogP contribution in [0.5, 0.6) is 5.75 Å². The van der Waals surface area contributed by atoms with Crippen molar-refractivity contribution in [1.82, 2.24) is 9.97 Å². The number of rotatable bonds is 4. The normalized spacial score (nSPS) is 11.1. The summed E-state index contributed by atoms with van der Waals surface area (Å²) in [5, 5.41) is 1.72. The van der Waals surface area contributed by atoms with Crippen LogP contribution in [0.4, 0.5) is 0 Å². The molecule has 0 bridgehead atoms. The molecule has 142 valence electrons. The van der Waals surface area contributed by atoms with Gasteiger partial charge in [-0.05, 0) is 42.3 Å². The van der Waals surface area contributed by atoms with Gasteiger partial charge in [0.1, 0.15) is 16.4 Å². The van der Waals surface area contributed by atoms with E-state index in [1.165, 1.54) is 11.3 Å². The van der Waals surface area contributed by atoms with Gasteiger partial charge in [0.2, 0.25) is 0 Å². The monoisotopic (exact) mass is 430 g/mol. The molecule has 4 nitrogen and oxygen atoms in total. The van der Waals surface area contributed by atoms with Crippen LogP contribution in [-0.2, 0) is 6.42 Å². The number of hydrogen-bond acceptors (Lipinski definition) is 4. The van der Waals surface area contributed by atoms with Crippen LogP contribution in [0, 0.1) is 6.92 Å². The SMILES string of the molecule is COc1cccc(-c2c(C)sc3nc(Cc4ccc(Cl)cc4Cl)[nH]c(=O)c23)c1. The Kier molecular flexibility index (Phi) is 5.15. The summed E-state index contributed by atoms with van der Waals surface area (Å²) in [7, 11) is 1.63. The molecule has 4 aromatic rings. The van der Waals surface area contributed by atoms with Crippen molar-refractivity contribution in [1.29, 1.82) is 0 Å². The van der Waals surface area contributed by atoms with Gasteiger partial charge < -0.3 is 9.72 Å². The Balaban J connectivity index is 1.81. The van der Waals surface area contributed by atoms with E-state index in [1.54, 1.807) is 19.2 Å². The number of aromatic nitrogens is 2. The lowest BCUT2D eigenvalue weighted by atomic mass is 10.0.